The molecule has 0 aromatic carbocycles. The normalized spacial score (nSPS) is 11.7. The molecule has 1 heterocycles. The Hall–Kier alpha value is -0.960. The fourth-order valence-electron chi connectivity index (χ4n) is 1.73. The molecule has 0 saturated carbocycles. The Morgan fingerprint density at radius 3 is 2.56 bits per heavy atom. The molecule has 1 aromatic heterocycles. The lowest BCUT2D eigenvalue weighted by Crippen LogP contribution is -2.39. The van der Waals surface area contributed by atoms with Crippen LogP contribution in [0.5, 0.6) is 5.75 Å². The van der Waals surface area contributed by atoms with Crippen molar-refractivity contribution in [3.63, 3.8) is 0 Å². The van der Waals surface area contributed by atoms with Crippen LogP contribution in [0.2, 0.25) is 0 Å². The fourth-order valence-corrected chi connectivity index (χ4v) is 2.18. The van der Waals surface area contributed by atoms with Gasteiger partial charge in [-0.25, -0.2) is 4.98 Å². The minimum Gasteiger partial charge on any atom is -0.487 e. The van der Waals surface area contributed by atoms with Crippen LogP contribution in [0.3, 0.4) is 0 Å². The van der Waals surface area contributed by atoms with E-state index in [1.807, 2.05) is 26.0 Å². The molecule has 0 fully saturated rings. The van der Waals surface area contributed by atoms with E-state index in [2.05, 4.69) is 24.1 Å². The zero-order valence-corrected chi connectivity index (χ0v) is 12.4. The van der Waals surface area contributed by atoms with E-state index in [-0.39, 0.29) is 11.6 Å². The van der Waals surface area contributed by atoms with Crippen molar-refractivity contribution in [2.75, 3.05) is 11.2 Å². The van der Waals surface area contributed by atoms with Gasteiger partial charge in [0.2, 0.25) is 0 Å². The molecule has 0 amide bonds. The molecule has 1 aromatic rings. The smallest absolute Gasteiger partial charge is 0.169 e. The molecule has 0 aliphatic heterocycles. The summed E-state index contributed by atoms with van der Waals surface area (Å²) in [5, 5.41) is 3.45. The first kappa shape index (κ1) is 15.1. The summed E-state index contributed by atoms with van der Waals surface area (Å²) in [6, 6.07) is 3.81. The third kappa shape index (κ3) is 3.77. The SMILES string of the molecule is CCC(CC)(CCl)Nc1ncccc1OC(C)C. The van der Waals surface area contributed by atoms with Crippen LogP contribution in [0.15, 0.2) is 18.3 Å². The average Bonchev–Trinajstić information content (AvgIpc) is 2.37. The van der Waals surface area contributed by atoms with Crippen molar-refractivity contribution in [3.8, 4) is 5.75 Å². The minimum atomic E-state index is -0.120. The lowest BCUT2D eigenvalue weighted by atomic mass is 9.95. The van der Waals surface area contributed by atoms with Crippen molar-refractivity contribution in [1.29, 1.82) is 0 Å². The number of aromatic nitrogens is 1. The molecule has 4 heteroatoms. The third-order valence-corrected chi connectivity index (χ3v) is 3.64. The van der Waals surface area contributed by atoms with Gasteiger partial charge in [-0.15, -0.1) is 11.6 Å². The molecule has 3 nitrogen and oxygen atoms in total. The topological polar surface area (TPSA) is 34.2 Å². The van der Waals surface area contributed by atoms with Gasteiger partial charge in [-0.3, -0.25) is 0 Å². The van der Waals surface area contributed by atoms with Crippen molar-refractivity contribution >= 4 is 17.4 Å². The first-order chi connectivity index (χ1) is 8.56. The zero-order chi connectivity index (χ0) is 13.6. The summed E-state index contributed by atoms with van der Waals surface area (Å²) >= 11 is 6.10. The Kier molecular flexibility index (Phi) is 5.73. The number of hydrogen-bond donors (Lipinski definition) is 1. The number of ether oxygens (including phenoxy) is 1. The molecule has 0 spiro atoms. The van der Waals surface area contributed by atoms with Crippen molar-refractivity contribution in [2.45, 2.75) is 52.2 Å². The second kappa shape index (κ2) is 6.83. The van der Waals surface area contributed by atoms with Gasteiger partial charge in [-0.05, 0) is 38.8 Å². The van der Waals surface area contributed by atoms with E-state index in [1.165, 1.54) is 0 Å². The summed E-state index contributed by atoms with van der Waals surface area (Å²) < 4.78 is 5.76. The van der Waals surface area contributed by atoms with Gasteiger partial charge in [0.15, 0.2) is 11.6 Å². The van der Waals surface area contributed by atoms with Gasteiger partial charge < -0.3 is 10.1 Å². The molecule has 0 unspecified atom stereocenters. The van der Waals surface area contributed by atoms with E-state index in [0.717, 1.165) is 24.4 Å². The summed E-state index contributed by atoms with van der Waals surface area (Å²) in [6.45, 7) is 8.27. The number of rotatable bonds is 7. The Morgan fingerprint density at radius 2 is 2.06 bits per heavy atom. The summed E-state index contributed by atoms with van der Waals surface area (Å²) in [5.41, 5.74) is -0.120. The van der Waals surface area contributed by atoms with Crippen LogP contribution in [0.1, 0.15) is 40.5 Å². The minimum absolute atomic E-state index is 0.120. The van der Waals surface area contributed by atoms with Crippen molar-refractivity contribution in [2.24, 2.45) is 0 Å². The molecule has 0 radical (unpaired) electrons. The third-order valence-electron chi connectivity index (χ3n) is 3.13. The Bertz CT molecular complexity index is 356. The quantitative estimate of drug-likeness (QED) is 0.758. The maximum Gasteiger partial charge on any atom is 0.169 e. The van der Waals surface area contributed by atoms with Gasteiger partial charge >= 0.3 is 0 Å². The highest BCUT2D eigenvalue weighted by Gasteiger charge is 2.26. The average molecular weight is 271 g/mol. The lowest BCUT2D eigenvalue weighted by molar-refractivity contribution is 0.242. The molecule has 0 bridgehead atoms. The number of hydrogen-bond acceptors (Lipinski definition) is 3. The number of nitrogens with zero attached hydrogens (tertiary/aromatic N) is 1. The Morgan fingerprint density at radius 1 is 1.39 bits per heavy atom. The molecule has 0 saturated heterocycles. The van der Waals surface area contributed by atoms with Gasteiger partial charge in [0, 0.05) is 12.1 Å². The maximum atomic E-state index is 6.10. The first-order valence-electron chi connectivity index (χ1n) is 6.52. The van der Waals surface area contributed by atoms with Gasteiger partial charge in [0.25, 0.3) is 0 Å². The van der Waals surface area contributed by atoms with Crippen LogP contribution < -0.4 is 10.1 Å². The predicted octanol–water partition coefficient (Wildman–Crippen LogP) is 4.08. The monoisotopic (exact) mass is 270 g/mol. The highest BCUT2D eigenvalue weighted by Crippen LogP contribution is 2.29. The van der Waals surface area contributed by atoms with Crippen LogP contribution >= 0.6 is 11.6 Å². The number of alkyl halides is 1. The van der Waals surface area contributed by atoms with Crippen molar-refractivity contribution < 1.29 is 4.74 Å². The van der Waals surface area contributed by atoms with Crippen LogP contribution in [-0.2, 0) is 0 Å². The van der Waals surface area contributed by atoms with Crippen molar-refractivity contribution in [1.82, 2.24) is 4.98 Å². The van der Waals surface area contributed by atoms with E-state index in [9.17, 15) is 0 Å². The highest BCUT2D eigenvalue weighted by molar-refractivity contribution is 6.18. The first-order valence-corrected chi connectivity index (χ1v) is 7.06. The second-order valence-corrected chi connectivity index (χ2v) is 5.03. The predicted molar refractivity (Wildman–Crippen MR) is 77.7 cm³/mol. The largest absolute Gasteiger partial charge is 0.487 e. The van der Waals surface area contributed by atoms with E-state index in [4.69, 9.17) is 16.3 Å². The fraction of sp³-hybridized carbons (Fsp3) is 0.643. The Balaban J connectivity index is 2.95. The standard InChI is InChI=1S/C14H23ClN2O/c1-5-14(6-2,10-15)17-13-12(18-11(3)4)8-7-9-16-13/h7-9,11H,5-6,10H2,1-4H3,(H,16,17). The highest BCUT2D eigenvalue weighted by atomic mass is 35.5. The van der Waals surface area contributed by atoms with E-state index in [1.54, 1.807) is 6.20 Å². The van der Waals surface area contributed by atoms with Crippen LogP contribution in [0.4, 0.5) is 5.82 Å². The van der Waals surface area contributed by atoms with E-state index >= 15 is 0 Å². The molecule has 102 valence electrons. The summed E-state index contributed by atoms with van der Waals surface area (Å²) in [6.07, 6.45) is 3.79. The molecular formula is C14H23ClN2O. The van der Waals surface area contributed by atoms with Gasteiger partial charge in [-0.1, -0.05) is 13.8 Å². The molecule has 0 aliphatic rings. The zero-order valence-electron chi connectivity index (χ0n) is 11.7. The number of nitrogens with one attached hydrogen (secondary N) is 1. The van der Waals surface area contributed by atoms with E-state index in [0.29, 0.717) is 5.88 Å². The molecule has 0 aliphatic carbocycles. The van der Waals surface area contributed by atoms with Crippen molar-refractivity contribution in [3.05, 3.63) is 18.3 Å². The van der Waals surface area contributed by atoms with E-state index < -0.39 is 0 Å². The molecular weight excluding hydrogens is 248 g/mol. The van der Waals surface area contributed by atoms with Gasteiger partial charge in [-0.2, -0.15) is 0 Å². The van der Waals surface area contributed by atoms with Crippen LogP contribution in [-0.4, -0.2) is 22.5 Å². The molecule has 0 atom stereocenters. The maximum absolute atomic E-state index is 6.10. The lowest BCUT2D eigenvalue weighted by Gasteiger charge is -2.32. The van der Waals surface area contributed by atoms with Crippen LogP contribution in [0, 0.1) is 0 Å². The van der Waals surface area contributed by atoms with Crippen LogP contribution in [0.25, 0.3) is 0 Å². The Labute approximate surface area is 115 Å². The molecule has 1 N–H and O–H groups in total. The second-order valence-electron chi connectivity index (χ2n) is 4.76. The van der Waals surface area contributed by atoms with Gasteiger partial charge in [0.05, 0.1) is 11.6 Å². The van der Waals surface area contributed by atoms with Gasteiger partial charge in [0.1, 0.15) is 0 Å². The summed E-state index contributed by atoms with van der Waals surface area (Å²) in [5.74, 6) is 2.11. The molecule has 1 rings (SSSR count). The number of anilines is 1. The number of halogens is 1. The molecule has 18 heavy (non-hydrogen) atoms. The summed E-state index contributed by atoms with van der Waals surface area (Å²) in [4.78, 5) is 4.37. The summed E-state index contributed by atoms with van der Waals surface area (Å²) in [7, 11) is 0. The number of pyridine rings is 1.